The molecule has 0 saturated carbocycles. The van der Waals surface area contributed by atoms with Crippen LogP contribution in [0.5, 0.6) is 0 Å². The van der Waals surface area contributed by atoms with Crippen molar-refractivity contribution in [3.63, 3.8) is 0 Å². The van der Waals surface area contributed by atoms with E-state index in [1.54, 1.807) is 13.8 Å². The van der Waals surface area contributed by atoms with Crippen molar-refractivity contribution < 1.29 is 13.2 Å². The van der Waals surface area contributed by atoms with Gasteiger partial charge in [-0.2, -0.15) is 0 Å². The zero-order valence-corrected chi connectivity index (χ0v) is 9.87. The molecule has 18 heavy (non-hydrogen) atoms. The Balaban J connectivity index is 2.24. The lowest BCUT2D eigenvalue weighted by atomic mass is 10.1. The first-order valence-electron chi connectivity index (χ1n) is 5.21. The highest BCUT2D eigenvalue weighted by molar-refractivity contribution is 5.52. The number of benzene rings is 1. The summed E-state index contributed by atoms with van der Waals surface area (Å²) in [6, 6.07) is 2.96. The van der Waals surface area contributed by atoms with Gasteiger partial charge in [0.05, 0.1) is 11.2 Å². The monoisotopic (exact) mass is 254 g/mol. The van der Waals surface area contributed by atoms with Crippen molar-refractivity contribution in [3.8, 4) is 0 Å². The van der Waals surface area contributed by atoms with Gasteiger partial charge in [-0.15, -0.1) is 5.10 Å². The molecular weight excluding hydrogens is 242 g/mol. The summed E-state index contributed by atoms with van der Waals surface area (Å²) in [5.41, 5.74) is 4.88. The smallest absolute Gasteiger partial charge is 0.320 e. The molecule has 1 heterocycles. The van der Waals surface area contributed by atoms with E-state index in [4.69, 9.17) is 10.2 Å². The molecule has 0 unspecified atom stereocenters. The molecule has 96 valence electrons. The van der Waals surface area contributed by atoms with Crippen molar-refractivity contribution in [3.05, 3.63) is 35.7 Å². The molecule has 0 atom stereocenters. The van der Waals surface area contributed by atoms with E-state index in [-0.39, 0.29) is 17.6 Å². The summed E-state index contributed by atoms with van der Waals surface area (Å²) in [6.07, 6.45) is 0. The van der Waals surface area contributed by atoms with Crippen molar-refractivity contribution in [2.24, 2.45) is 5.73 Å². The highest BCUT2D eigenvalue weighted by atomic mass is 19.1. The summed E-state index contributed by atoms with van der Waals surface area (Å²) in [6.45, 7) is 3.38. The van der Waals surface area contributed by atoms with E-state index in [0.717, 1.165) is 18.2 Å². The van der Waals surface area contributed by atoms with E-state index >= 15 is 0 Å². The quantitative estimate of drug-likeness (QED) is 0.878. The Kier molecular flexibility index (Phi) is 3.00. The predicted molar refractivity (Wildman–Crippen MR) is 61.2 cm³/mol. The largest absolute Gasteiger partial charge is 0.406 e. The van der Waals surface area contributed by atoms with Crippen LogP contribution in [-0.4, -0.2) is 10.2 Å². The van der Waals surface area contributed by atoms with Gasteiger partial charge in [-0.1, -0.05) is 5.10 Å². The Labute approximate surface area is 102 Å². The second kappa shape index (κ2) is 4.34. The minimum atomic E-state index is -0.798. The van der Waals surface area contributed by atoms with Crippen molar-refractivity contribution in [2.45, 2.75) is 19.4 Å². The van der Waals surface area contributed by atoms with Gasteiger partial charge in [0.1, 0.15) is 11.6 Å². The SMILES string of the molecule is CC(C)(N)c1nnc(Nc2cc(F)ccc2F)o1. The van der Waals surface area contributed by atoms with E-state index in [2.05, 4.69) is 15.5 Å². The molecule has 5 nitrogen and oxygen atoms in total. The summed E-state index contributed by atoms with van der Waals surface area (Å²) in [7, 11) is 0. The zero-order chi connectivity index (χ0) is 13.3. The minimum Gasteiger partial charge on any atom is -0.406 e. The summed E-state index contributed by atoms with van der Waals surface area (Å²) in [4.78, 5) is 0. The van der Waals surface area contributed by atoms with Crippen LogP contribution < -0.4 is 11.1 Å². The van der Waals surface area contributed by atoms with Crippen LogP contribution in [-0.2, 0) is 5.54 Å². The second-order valence-electron chi connectivity index (χ2n) is 4.38. The van der Waals surface area contributed by atoms with Gasteiger partial charge in [-0.25, -0.2) is 8.78 Å². The van der Waals surface area contributed by atoms with E-state index in [9.17, 15) is 8.78 Å². The first-order valence-corrected chi connectivity index (χ1v) is 5.21. The molecule has 0 aliphatic carbocycles. The van der Waals surface area contributed by atoms with Gasteiger partial charge in [0, 0.05) is 6.07 Å². The normalized spacial score (nSPS) is 11.6. The molecule has 0 radical (unpaired) electrons. The molecule has 0 fully saturated rings. The Morgan fingerprint density at radius 2 is 2.00 bits per heavy atom. The average molecular weight is 254 g/mol. The van der Waals surface area contributed by atoms with Gasteiger partial charge in [0.15, 0.2) is 0 Å². The molecular formula is C11H12F2N4O. The van der Waals surface area contributed by atoms with Gasteiger partial charge in [0.2, 0.25) is 5.89 Å². The standard InChI is InChI=1S/C11H12F2N4O/c1-11(2,14)9-16-17-10(18-9)15-8-5-6(12)3-4-7(8)13/h3-5H,14H2,1-2H3,(H,15,17). The lowest BCUT2D eigenvalue weighted by molar-refractivity contribution is 0.385. The fourth-order valence-electron chi connectivity index (χ4n) is 1.24. The van der Waals surface area contributed by atoms with Gasteiger partial charge >= 0.3 is 6.01 Å². The van der Waals surface area contributed by atoms with Gasteiger partial charge < -0.3 is 15.5 Å². The Morgan fingerprint density at radius 1 is 1.28 bits per heavy atom. The summed E-state index contributed by atoms with van der Waals surface area (Å²) < 4.78 is 31.5. The number of hydrogen-bond donors (Lipinski definition) is 2. The summed E-state index contributed by atoms with van der Waals surface area (Å²) in [5, 5.41) is 9.86. The molecule has 0 amide bonds. The molecule has 1 aromatic carbocycles. The highest BCUT2D eigenvalue weighted by Gasteiger charge is 2.22. The van der Waals surface area contributed by atoms with E-state index in [1.165, 1.54) is 0 Å². The molecule has 2 aromatic rings. The van der Waals surface area contributed by atoms with Crippen molar-refractivity contribution >= 4 is 11.7 Å². The van der Waals surface area contributed by atoms with E-state index < -0.39 is 17.2 Å². The summed E-state index contributed by atoms with van der Waals surface area (Å²) in [5.74, 6) is -0.997. The fourth-order valence-corrected chi connectivity index (χ4v) is 1.24. The molecule has 2 rings (SSSR count). The lowest BCUT2D eigenvalue weighted by Crippen LogP contribution is -2.29. The Hall–Kier alpha value is -2.02. The van der Waals surface area contributed by atoms with Crippen LogP contribution in [0, 0.1) is 11.6 Å². The fraction of sp³-hybridized carbons (Fsp3) is 0.273. The maximum absolute atomic E-state index is 13.4. The first kappa shape index (κ1) is 12.4. The topological polar surface area (TPSA) is 77.0 Å². The molecule has 0 aliphatic rings. The third kappa shape index (κ3) is 2.62. The lowest BCUT2D eigenvalue weighted by Gasteiger charge is -2.11. The number of nitrogens with zero attached hydrogens (tertiary/aromatic N) is 2. The number of nitrogens with one attached hydrogen (secondary N) is 1. The summed E-state index contributed by atoms with van der Waals surface area (Å²) >= 11 is 0. The predicted octanol–water partition coefficient (Wildman–Crippen LogP) is 2.29. The van der Waals surface area contributed by atoms with Crippen LogP contribution in [0.3, 0.4) is 0 Å². The van der Waals surface area contributed by atoms with E-state index in [0.29, 0.717) is 0 Å². The highest BCUT2D eigenvalue weighted by Crippen LogP contribution is 2.22. The van der Waals surface area contributed by atoms with Crippen LogP contribution in [0.25, 0.3) is 0 Å². The number of nitrogens with two attached hydrogens (primary N) is 1. The van der Waals surface area contributed by atoms with E-state index in [1.807, 2.05) is 0 Å². The Bertz CT molecular complexity index is 562. The average Bonchev–Trinajstić information content (AvgIpc) is 2.71. The Morgan fingerprint density at radius 3 is 2.61 bits per heavy atom. The van der Waals surface area contributed by atoms with Crippen molar-refractivity contribution in [1.82, 2.24) is 10.2 Å². The van der Waals surface area contributed by atoms with Crippen LogP contribution in [0.15, 0.2) is 22.6 Å². The van der Waals surface area contributed by atoms with Crippen LogP contribution in [0.4, 0.5) is 20.5 Å². The van der Waals surface area contributed by atoms with Gasteiger partial charge in [0.25, 0.3) is 0 Å². The molecule has 0 spiro atoms. The van der Waals surface area contributed by atoms with Crippen LogP contribution >= 0.6 is 0 Å². The van der Waals surface area contributed by atoms with Crippen LogP contribution in [0.1, 0.15) is 19.7 Å². The molecule has 7 heteroatoms. The number of halogens is 2. The number of rotatable bonds is 3. The third-order valence-electron chi connectivity index (χ3n) is 2.15. The molecule has 0 aliphatic heterocycles. The van der Waals surface area contributed by atoms with Crippen molar-refractivity contribution in [1.29, 1.82) is 0 Å². The second-order valence-corrected chi connectivity index (χ2v) is 4.38. The third-order valence-corrected chi connectivity index (χ3v) is 2.15. The molecule has 0 bridgehead atoms. The molecule has 3 N–H and O–H groups in total. The number of anilines is 2. The maximum Gasteiger partial charge on any atom is 0.320 e. The van der Waals surface area contributed by atoms with Gasteiger partial charge in [-0.05, 0) is 26.0 Å². The van der Waals surface area contributed by atoms with Crippen LogP contribution in [0.2, 0.25) is 0 Å². The maximum atomic E-state index is 13.4. The molecule has 0 saturated heterocycles. The van der Waals surface area contributed by atoms with Gasteiger partial charge in [-0.3, -0.25) is 0 Å². The number of hydrogen-bond acceptors (Lipinski definition) is 5. The minimum absolute atomic E-state index is 0.0481. The zero-order valence-electron chi connectivity index (χ0n) is 9.87. The first-order chi connectivity index (χ1) is 8.36. The molecule has 1 aromatic heterocycles. The number of aromatic nitrogens is 2. The van der Waals surface area contributed by atoms with Crippen molar-refractivity contribution in [2.75, 3.05) is 5.32 Å².